The molecule has 94 heavy (non-hydrogen) atoms. The molecule has 6 heteroatoms. The third-order valence-electron chi connectivity index (χ3n) is 20.7. The van der Waals surface area contributed by atoms with Gasteiger partial charge in [-0.2, -0.15) is 0 Å². The average molecular weight is 1320 g/mol. The zero-order chi connectivity index (χ0) is 67.7. The van der Waals surface area contributed by atoms with Crippen LogP contribution in [0.3, 0.4) is 0 Å². The Morgan fingerprint density at radius 1 is 0.287 bits per heavy atom. The van der Waals surface area contributed by atoms with Crippen LogP contribution in [-0.4, -0.2) is 47.4 Å². The van der Waals surface area contributed by atoms with Gasteiger partial charge in [0, 0.05) is 12.8 Å². The number of esters is 1. The van der Waals surface area contributed by atoms with Crippen LogP contribution in [0.5, 0.6) is 0 Å². The van der Waals surface area contributed by atoms with Crippen LogP contribution in [0.2, 0.25) is 0 Å². The van der Waals surface area contributed by atoms with Crippen molar-refractivity contribution in [2.75, 3.05) is 13.2 Å². The molecule has 1 amide bonds. The van der Waals surface area contributed by atoms with Crippen molar-refractivity contribution in [3.8, 4) is 0 Å². The molecule has 0 aromatic heterocycles. The number of hydrogen-bond donors (Lipinski definition) is 3. The third kappa shape index (κ3) is 79.3. The van der Waals surface area contributed by atoms with Gasteiger partial charge < -0.3 is 20.3 Å². The Bertz CT molecular complexity index is 1480. The highest BCUT2D eigenvalue weighted by atomic mass is 16.5. The van der Waals surface area contributed by atoms with E-state index in [-0.39, 0.29) is 18.5 Å². The summed E-state index contributed by atoms with van der Waals surface area (Å²) in [5.41, 5.74) is 0. The second-order valence-corrected chi connectivity index (χ2v) is 30.2. The van der Waals surface area contributed by atoms with E-state index in [1.54, 1.807) is 6.08 Å². The first-order chi connectivity index (χ1) is 46.5. The minimum absolute atomic E-state index is 0.0270. The smallest absolute Gasteiger partial charge is 0.305 e. The van der Waals surface area contributed by atoms with Gasteiger partial charge in [-0.05, 0) is 57.8 Å². The van der Waals surface area contributed by atoms with Gasteiger partial charge in [0.05, 0.1) is 25.4 Å². The molecule has 0 aromatic rings. The summed E-state index contributed by atoms with van der Waals surface area (Å²) in [4.78, 5) is 24.7. The largest absolute Gasteiger partial charge is 0.466 e. The molecule has 0 aliphatic heterocycles. The molecule has 2 atom stereocenters. The second kappa shape index (κ2) is 83.8. The van der Waals surface area contributed by atoms with Crippen LogP contribution in [0.1, 0.15) is 502 Å². The first-order valence-electron chi connectivity index (χ1n) is 43.6. The number of carbonyl (C=O) groups is 2. The van der Waals surface area contributed by atoms with Gasteiger partial charge in [-0.15, -0.1) is 0 Å². The third-order valence-corrected chi connectivity index (χ3v) is 20.7. The molecule has 6 nitrogen and oxygen atoms in total. The number of ether oxygens (including phenoxy) is 1. The maximum atomic E-state index is 12.6. The molecule has 558 valence electrons. The summed E-state index contributed by atoms with van der Waals surface area (Å²) < 4.78 is 5.52. The van der Waals surface area contributed by atoms with Crippen molar-refractivity contribution in [2.45, 2.75) is 514 Å². The zero-order valence-electron chi connectivity index (χ0n) is 64.2. The highest BCUT2D eigenvalue weighted by Gasteiger charge is 2.18. The van der Waals surface area contributed by atoms with E-state index in [0.717, 1.165) is 38.5 Å². The van der Waals surface area contributed by atoms with E-state index in [1.165, 1.54) is 437 Å². The standard InChI is InChI=1S/C88H171NO5/c1-3-5-7-9-11-13-15-17-19-21-22-23-43-46-49-52-56-60-64-68-72-76-80-86(91)85(84-90)89-87(92)81-77-73-69-65-61-57-53-50-47-44-41-39-37-35-33-31-29-27-25-24-26-28-30-32-34-36-38-40-42-45-48-51-55-59-63-67-71-75-79-83-94-88(93)82-78-74-70-66-62-58-54-20-18-16-14-12-10-8-6-4-2/h24-25,76,80,85-86,90-91H,3-23,26-75,77-79,81-84H2,1-2H3,(H,89,92)/b25-24-,80-76+. The SMILES string of the molecule is CCCCCCCCCCCCCCCCCCCCCC/C=C/C(O)C(CO)NC(=O)CCCCCCCCCCCCCCCCCCC/C=C\CCCCCCCCCCCCCCCCCCCCOC(=O)CCCCCCCCCCCCCCCCCC. The number of aliphatic hydroxyl groups excluding tert-OH is 2. The Labute approximate surface area is 590 Å². The highest BCUT2D eigenvalue weighted by molar-refractivity contribution is 5.76. The molecule has 0 saturated heterocycles. The van der Waals surface area contributed by atoms with Gasteiger partial charge in [0.25, 0.3) is 0 Å². The summed E-state index contributed by atoms with van der Waals surface area (Å²) in [5, 5.41) is 23.3. The van der Waals surface area contributed by atoms with E-state index in [0.29, 0.717) is 19.4 Å². The van der Waals surface area contributed by atoms with E-state index < -0.39 is 12.1 Å². The van der Waals surface area contributed by atoms with Crippen LogP contribution in [0, 0.1) is 0 Å². The monoisotopic (exact) mass is 1320 g/mol. The fourth-order valence-electron chi connectivity index (χ4n) is 14.1. The lowest BCUT2D eigenvalue weighted by Crippen LogP contribution is -2.45. The van der Waals surface area contributed by atoms with Gasteiger partial charge in [0.2, 0.25) is 5.91 Å². The second-order valence-electron chi connectivity index (χ2n) is 30.2. The molecule has 0 bridgehead atoms. The Morgan fingerprint density at radius 2 is 0.500 bits per heavy atom. The van der Waals surface area contributed by atoms with Crippen LogP contribution in [0.25, 0.3) is 0 Å². The normalized spacial score (nSPS) is 12.5. The number of carbonyl (C=O) groups excluding carboxylic acids is 2. The Hall–Kier alpha value is -1.66. The molecular weight excluding hydrogens is 1150 g/mol. The molecule has 0 aliphatic carbocycles. The lowest BCUT2D eigenvalue weighted by atomic mass is 10.0. The Kier molecular flexibility index (Phi) is 82.3. The van der Waals surface area contributed by atoms with Crippen molar-refractivity contribution in [3.63, 3.8) is 0 Å². The fraction of sp³-hybridized carbons (Fsp3) is 0.932. The van der Waals surface area contributed by atoms with Crippen molar-refractivity contribution in [1.29, 1.82) is 0 Å². The molecule has 0 aromatic carbocycles. The molecule has 3 N–H and O–H groups in total. The molecule has 0 saturated carbocycles. The van der Waals surface area contributed by atoms with Crippen molar-refractivity contribution in [1.82, 2.24) is 5.32 Å². The number of allylic oxidation sites excluding steroid dienone is 3. The predicted octanol–water partition coefficient (Wildman–Crippen LogP) is 29.2. The van der Waals surface area contributed by atoms with Gasteiger partial charge in [-0.1, -0.05) is 456 Å². The molecule has 0 rings (SSSR count). The van der Waals surface area contributed by atoms with Crippen LogP contribution in [0.15, 0.2) is 24.3 Å². The first-order valence-corrected chi connectivity index (χ1v) is 43.6. The summed E-state index contributed by atoms with van der Waals surface area (Å²) in [7, 11) is 0. The molecule has 0 spiro atoms. The number of nitrogens with one attached hydrogen (secondary N) is 1. The number of amides is 1. The van der Waals surface area contributed by atoms with Crippen molar-refractivity contribution in [3.05, 3.63) is 24.3 Å². The first kappa shape index (κ1) is 92.3. The maximum absolute atomic E-state index is 12.6. The molecule has 0 radical (unpaired) electrons. The summed E-state index contributed by atoms with van der Waals surface area (Å²) in [6.07, 6.45) is 109. The minimum atomic E-state index is -0.843. The summed E-state index contributed by atoms with van der Waals surface area (Å²) >= 11 is 0. The lowest BCUT2D eigenvalue weighted by molar-refractivity contribution is -0.143. The van der Waals surface area contributed by atoms with Crippen LogP contribution >= 0.6 is 0 Å². The van der Waals surface area contributed by atoms with Gasteiger partial charge in [-0.3, -0.25) is 9.59 Å². The van der Waals surface area contributed by atoms with Crippen molar-refractivity contribution >= 4 is 11.9 Å². The summed E-state index contributed by atoms with van der Waals surface area (Å²) in [6.45, 7) is 4.97. The number of unbranched alkanes of at least 4 members (excludes halogenated alkanes) is 70. The van der Waals surface area contributed by atoms with E-state index in [1.807, 2.05) is 6.08 Å². The van der Waals surface area contributed by atoms with Gasteiger partial charge >= 0.3 is 5.97 Å². The molecule has 0 aliphatic rings. The van der Waals surface area contributed by atoms with E-state index >= 15 is 0 Å². The predicted molar refractivity (Wildman–Crippen MR) is 417 cm³/mol. The fourth-order valence-corrected chi connectivity index (χ4v) is 14.1. The quantitative estimate of drug-likeness (QED) is 0.0320. The average Bonchev–Trinajstić information content (AvgIpc) is 3.68. The van der Waals surface area contributed by atoms with Crippen molar-refractivity contribution < 1.29 is 24.5 Å². The van der Waals surface area contributed by atoms with Crippen LogP contribution < -0.4 is 5.32 Å². The van der Waals surface area contributed by atoms with E-state index in [9.17, 15) is 19.8 Å². The van der Waals surface area contributed by atoms with Crippen LogP contribution in [-0.2, 0) is 14.3 Å². The number of hydrogen-bond acceptors (Lipinski definition) is 5. The van der Waals surface area contributed by atoms with E-state index in [4.69, 9.17) is 4.74 Å². The van der Waals surface area contributed by atoms with Crippen LogP contribution in [0.4, 0.5) is 0 Å². The summed E-state index contributed by atoms with van der Waals surface area (Å²) in [6, 6.07) is -0.626. The molecule has 0 heterocycles. The Morgan fingerprint density at radius 3 is 0.755 bits per heavy atom. The van der Waals surface area contributed by atoms with Crippen molar-refractivity contribution in [2.24, 2.45) is 0 Å². The number of aliphatic hydroxyl groups is 2. The molecule has 2 unspecified atom stereocenters. The van der Waals surface area contributed by atoms with Gasteiger partial charge in [0.15, 0.2) is 0 Å². The van der Waals surface area contributed by atoms with Gasteiger partial charge in [0.1, 0.15) is 0 Å². The number of rotatable bonds is 83. The van der Waals surface area contributed by atoms with Gasteiger partial charge in [-0.25, -0.2) is 0 Å². The molecular formula is C88H171NO5. The molecule has 0 fully saturated rings. The highest BCUT2D eigenvalue weighted by Crippen LogP contribution is 2.21. The maximum Gasteiger partial charge on any atom is 0.305 e. The minimum Gasteiger partial charge on any atom is -0.466 e. The topological polar surface area (TPSA) is 95.9 Å². The zero-order valence-corrected chi connectivity index (χ0v) is 64.2. The Balaban J connectivity index is 3.33. The summed E-state index contributed by atoms with van der Waals surface area (Å²) in [5.74, 6) is -0.0312. The van der Waals surface area contributed by atoms with E-state index in [2.05, 4.69) is 31.3 Å². The lowest BCUT2D eigenvalue weighted by Gasteiger charge is -2.20.